The lowest BCUT2D eigenvalue weighted by atomic mass is 9.89. The van der Waals surface area contributed by atoms with E-state index in [0.29, 0.717) is 25.2 Å². The van der Waals surface area contributed by atoms with Gasteiger partial charge in [0.1, 0.15) is 6.61 Å². The number of carbonyl (C=O) groups excluding carboxylic acids is 1. The number of hydrogen-bond donors (Lipinski definition) is 2. The van der Waals surface area contributed by atoms with E-state index in [9.17, 15) is 14.4 Å². The summed E-state index contributed by atoms with van der Waals surface area (Å²) in [6.45, 7) is 6.48. The van der Waals surface area contributed by atoms with E-state index in [1.807, 2.05) is 13.8 Å². The summed E-state index contributed by atoms with van der Waals surface area (Å²) in [7, 11) is 2.11. The third-order valence-electron chi connectivity index (χ3n) is 3.33. The summed E-state index contributed by atoms with van der Waals surface area (Å²) < 4.78 is 5.57. The van der Waals surface area contributed by atoms with Gasteiger partial charge in [0.2, 0.25) is 0 Å². The zero-order valence-electron chi connectivity index (χ0n) is 13.4. The van der Waals surface area contributed by atoms with Crippen LogP contribution in [0.1, 0.15) is 33.1 Å². The lowest BCUT2D eigenvalue weighted by molar-refractivity contribution is -0.134. The lowest BCUT2D eigenvalue weighted by Crippen LogP contribution is -2.42. The minimum atomic E-state index is -1.26. The molecule has 126 valence electrons. The molecule has 2 N–H and O–H groups in total. The van der Waals surface area contributed by atoms with Crippen molar-refractivity contribution in [1.82, 2.24) is 4.90 Å². The van der Waals surface area contributed by atoms with Crippen molar-refractivity contribution in [3.05, 3.63) is 12.2 Å². The highest BCUT2D eigenvalue weighted by molar-refractivity contribution is 5.89. The van der Waals surface area contributed by atoms with Gasteiger partial charge in [-0.1, -0.05) is 13.8 Å². The summed E-state index contributed by atoms with van der Waals surface area (Å²) in [5, 5.41) is 15.6. The first kappa shape index (κ1) is 20.3. The van der Waals surface area contributed by atoms with Crippen LogP contribution >= 0.6 is 0 Å². The van der Waals surface area contributed by atoms with E-state index in [2.05, 4.69) is 11.9 Å². The molecule has 0 unspecified atom stereocenters. The zero-order chi connectivity index (χ0) is 17.2. The molecule has 2 aliphatic rings. The smallest absolute Gasteiger partial charge is 0.328 e. The summed E-state index contributed by atoms with van der Waals surface area (Å²) in [5.41, 5.74) is -0.0659. The Hall–Kier alpha value is -1.73. The molecule has 7 nitrogen and oxygen atoms in total. The maximum absolute atomic E-state index is 11.1. The second-order valence-corrected chi connectivity index (χ2v) is 5.00. The van der Waals surface area contributed by atoms with Crippen molar-refractivity contribution in [2.75, 3.05) is 26.7 Å². The van der Waals surface area contributed by atoms with Crippen LogP contribution in [-0.4, -0.2) is 65.2 Å². The summed E-state index contributed by atoms with van der Waals surface area (Å²) in [4.78, 5) is 32.5. The summed E-state index contributed by atoms with van der Waals surface area (Å²) >= 11 is 0. The van der Waals surface area contributed by atoms with Crippen LogP contribution in [0.3, 0.4) is 0 Å². The first-order valence-corrected chi connectivity index (χ1v) is 7.31. The number of hydrogen-bond acceptors (Lipinski definition) is 5. The van der Waals surface area contributed by atoms with Gasteiger partial charge in [0, 0.05) is 31.7 Å². The standard InChI is InChI=1S/C9H15NO2.C4H4O4.C2H6/c1-10-4-2-9(3-5-10)6-8(11)7-12-9;5-3(6)1-2-4(7)8;1-2/h2-7H2,1H3;1-2H,(H,5,6)(H,7,8);1-2H3. The van der Waals surface area contributed by atoms with Gasteiger partial charge in [0.15, 0.2) is 5.78 Å². The van der Waals surface area contributed by atoms with Crippen molar-refractivity contribution >= 4 is 17.7 Å². The predicted molar refractivity (Wildman–Crippen MR) is 80.8 cm³/mol. The number of ketones is 1. The number of likely N-dealkylation sites (tertiary alicyclic amines) is 1. The molecular formula is C15H25NO6. The van der Waals surface area contributed by atoms with Crippen molar-refractivity contribution in [3.8, 4) is 0 Å². The fourth-order valence-corrected chi connectivity index (χ4v) is 2.18. The number of piperidine rings is 1. The van der Waals surface area contributed by atoms with Crippen molar-refractivity contribution in [3.63, 3.8) is 0 Å². The summed E-state index contributed by atoms with van der Waals surface area (Å²) in [6.07, 6.45) is 3.82. The molecular weight excluding hydrogens is 290 g/mol. The Morgan fingerprint density at radius 2 is 1.59 bits per heavy atom. The monoisotopic (exact) mass is 315 g/mol. The van der Waals surface area contributed by atoms with Crippen molar-refractivity contribution in [2.24, 2.45) is 0 Å². The third kappa shape index (κ3) is 7.90. The second kappa shape index (κ2) is 10.1. The maximum Gasteiger partial charge on any atom is 0.328 e. The van der Waals surface area contributed by atoms with Crippen LogP contribution in [0.25, 0.3) is 0 Å². The van der Waals surface area contributed by atoms with Gasteiger partial charge in [0.25, 0.3) is 0 Å². The fraction of sp³-hybridized carbons (Fsp3) is 0.667. The Morgan fingerprint density at radius 3 is 1.91 bits per heavy atom. The molecule has 0 atom stereocenters. The first-order valence-electron chi connectivity index (χ1n) is 7.31. The molecule has 0 radical (unpaired) electrons. The topological polar surface area (TPSA) is 104 Å². The van der Waals surface area contributed by atoms with E-state index in [1.54, 1.807) is 0 Å². The van der Waals surface area contributed by atoms with Gasteiger partial charge in [-0.25, -0.2) is 9.59 Å². The van der Waals surface area contributed by atoms with Crippen LogP contribution in [0.4, 0.5) is 0 Å². The molecule has 0 aromatic rings. The third-order valence-corrected chi connectivity index (χ3v) is 3.33. The molecule has 2 aliphatic heterocycles. The molecule has 2 rings (SSSR count). The number of Topliss-reactive ketones (excluding diaryl/α,β-unsaturated/α-hetero) is 1. The SMILES string of the molecule is CC.CN1CCC2(CC1)CC(=O)CO2.O=C(O)C=CC(=O)O. The lowest BCUT2D eigenvalue weighted by Gasteiger charge is -2.36. The van der Waals surface area contributed by atoms with Gasteiger partial charge in [-0.15, -0.1) is 0 Å². The zero-order valence-corrected chi connectivity index (χ0v) is 13.4. The highest BCUT2D eigenvalue weighted by atomic mass is 16.5. The van der Waals surface area contributed by atoms with Crippen molar-refractivity contribution in [2.45, 2.75) is 38.7 Å². The van der Waals surface area contributed by atoms with Gasteiger partial charge in [-0.05, 0) is 19.9 Å². The van der Waals surface area contributed by atoms with Crippen molar-refractivity contribution in [1.29, 1.82) is 0 Å². The Morgan fingerprint density at radius 1 is 1.14 bits per heavy atom. The molecule has 1 spiro atoms. The molecule has 0 bridgehead atoms. The number of rotatable bonds is 2. The van der Waals surface area contributed by atoms with Crippen LogP contribution in [0.2, 0.25) is 0 Å². The molecule has 0 aromatic carbocycles. The molecule has 0 aromatic heterocycles. The first-order chi connectivity index (χ1) is 10.3. The molecule has 0 saturated carbocycles. The highest BCUT2D eigenvalue weighted by Crippen LogP contribution is 2.33. The predicted octanol–water partition coefficient (Wildman–Crippen LogP) is 1.18. The van der Waals surface area contributed by atoms with Crippen molar-refractivity contribution < 1.29 is 29.3 Å². The van der Waals surface area contributed by atoms with E-state index < -0.39 is 11.9 Å². The largest absolute Gasteiger partial charge is 0.478 e. The number of carboxylic acid groups (broad SMARTS) is 2. The normalized spacial score (nSPS) is 20.0. The Labute approximate surface area is 130 Å². The van der Waals surface area contributed by atoms with Crippen LogP contribution in [-0.2, 0) is 19.1 Å². The number of carbonyl (C=O) groups is 3. The molecule has 0 amide bonds. The van der Waals surface area contributed by atoms with Crippen LogP contribution in [0, 0.1) is 0 Å². The molecule has 2 saturated heterocycles. The van der Waals surface area contributed by atoms with Crippen LogP contribution in [0.15, 0.2) is 12.2 Å². The van der Waals surface area contributed by atoms with E-state index in [-0.39, 0.29) is 11.4 Å². The van der Waals surface area contributed by atoms with Gasteiger partial charge < -0.3 is 19.8 Å². The van der Waals surface area contributed by atoms with E-state index in [0.717, 1.165) is 25.9 Å². The summed E-state index contributed by atoms with van der Waals surface area (Å²) in [5.74, 6) is -2.24. The average molecular weight is 315 g/mol. The number of carboxylic acids is 2. The van der Waals surface area contributed by atoms with Crippen LogP contribution in [0.5, 0.6) is 0 Å². The number of ether oxygens (including phenoxy) is 1. The maximum atomic E-state index is 11.1. The Balaban J connectivity index is 0.000000388. The number of aliphatic carboxylic acids is 2. The molecule has 0 aliphatic carbocycles. The van der Waals surface area contributed by atoms with E-state index in [1.165, 1.54) is 0 Å². The molecule has 7 heteroatoms. The van der Waals surface area contributed by atoms with Gasteiger partial charge in [-0.2, -0.15) is 0 Å². The van der Waals surface area contributed by atoms with Gasteiger partial charge in [0.05, 0.1) is 5.60 Å². The second-order valence-electron chi connectivity index (χ2n) is 5.00. The Kier molecular flexibility index (Phi) is 9.28. The molecule has 2 heterocycles. The van der Waals surface area contributed by atoms with Crippen LogP contribution < -0.4 is 0 Å². The summed E-state index contributed by atoms with van der Waals surface area (Å²) in [6, 6.07) is 0. The quantitative estimate of drug-likeness (QED) is 0.737. The minimum absolute atomic E-state index is 0.0659. The van der Waals surface area contributed by atoms with E-state index in [4.69, 9.17) is 14.9 Å². The Bertz CT molecular complexity index is 394. The average Bonchev–Trinajstić information content (AvgIpc) is 2.84. The van der Waals surface area contributed by atoms with E-state index >= 15 is 0 Å². The minimum Gasteiger partial charge on any atom is -0.478 e. The van der Waals surface area contributed by atoms with Gasteiger partial charge in [-0.3, -0.25) is 4.79 Å². The fourth-order valence-electron chi connectivity index (χ4n) is 2.18. The number of nitrogens with zero attached hydrogens (tertiary/aromatic N) is 1. The molecule has 2 fully saturated rings. The highest BCUT2D eigenvalue weighted by Gasteiger charge is 2.41. The molecule has 22 heavy (non-hydrogen) atoms. The van der Waals surface area contributed by atoms with Gasteiger partial charge >= 0.3 is 11.9 Å².